The molecule has 1 amide bonds. The minimum absolute atomic E-state index is 0.0314. The molecule has 2 aliphatic carbocycles. The number of aliphatic hydroxyl groups is 1. The van der Waals surface area contributed by atoms with Gasteiger partial charge in [0.15, 0.2) is 5.78 Å². The molecule has 0 saturated carbocycles. The first-order chi connectivity index (χ1) is 36.0. The van der Waals surface area contributed by atoms with E-state index in [4.69, 9.17) is 23.9 Å². The van der Waals surface area contributed by atoms with Gasteiger partial charge in [-0.3, -0.25) is 19.4 Å². The van der Waals surface area contributed by atoms with Gasteiger partial charge in [-0.05, 0) is 115 Å². The fourth-order valence-corrected chi connectivity index (χ4v) is 10.7. The number of benzene rings is 5. The third-order valence-electron chi connectivity index (χ3n) is 12.8. The van der Waals surface area contributed by atoms with E-state index < -0.39 is 58.8 Å². The van der Waals surface area contributed by atoms with Crippen LogP contribution in [0.25, 0.3) is 11.1 Å². The third-order valence-corrected chi connectivity index (χ3v) is 14.6. The Balaban J connectivity index is 1.06. The zero-order valence-electron chi connectivity index (χ0n) is 44.2. The smallest absolute Gasteiger partial charge is 0.407 e. The second-order valence-electron chi connectivity index (χ2n) is 21.4. The number of rotatable bonds is 21. The highest BCUT2D eigenvalue weighted by atomic mass is 32.2. The number of ketones is 1. The van der Waals surface area contributed by atoms with Crippen molar-refractivity contribution in [3.8, 4) is 11.1 Å². The first kappa shape index (κ1) is 56.3. The molecule has 2 N–H and O–H groups in total. The van der Waals surface area contributed by atoms with Gasteiger partial charge in [-0.25, -0.2) is 18.0 Å². The highest BCUT2D eigenvalue weighted by Crippen LogP contribution is 2.44. The van der Waals surface area contributed by atoms with E-state index in [0.29, 0.717) is 41.8 Å². The Bertz CT molecular complexity index is 3040. The molecule has 0 spiro atoms. The molecule has 16 heteroatoms. The fraction of sp³-hybridized carbons (Fsp3) is 0.367. The van der Waals surface area contributed by atoms with Gasteiger partial charge < -0.3 is 29.4 Å². The third kappa shape index (κ3) is 15.1. The average Bonchev–Trinajstić information content (AvgIpc) is 3.68. The molecule has 5 aromatic carbocycles. The highest BCUT2D eigenvalue weighted by molar-refractivity contribution is 7.89. The van der Waals surface area contributed by atoms with E-state index in [1.165, 1.54) is 24.3 Å². The van der Waals surface area contributed by atoms with Crippen LogP contribution in [0.5, 0.6) is 0 Å². The number of nitrogens with zero attached hydrogens (tertiary/aromatic N) is 2. The van der Waals surface area contributed by atoms with Gasteiger partial charge in [0.2, 0.25) is 10.0 Å². The number of Topliss-reactive ketones (excluding diaryl/α,β-unsaturated/α-hetero) is 1. The molecule has 5 aromatic rings. The maximum Gasteiger partial charge on any atom is 0.407 e. The van der Waals surface area contributed by atoms with E-state index in [0.717, 1.165) is 26.6 Å². The molecule has 0 heterocycles. The number of nitrogens with one attached hydrogen (secondary N) is 1. The number of allylic oxidation sites excluding steroid dienone is 2. The monoisotopic (exact) mass is 1050 g/mol. The lowest BCUT2D eigenvalue weighted by Crippen LogP contribution is -2.48. The Labute approximate surface area is 445 Å². The summed E-state index contributed by atoms with van der Waals surface area (Å²) in [6.07, 6.45) is 0.00773. The molecule has 0 bridgehead atoms. The summed E-state index contributed by atoms with van der Waals surface area (Å²) in [4.78, 5) is 71.3. The van der Waals surface area contributed by atoms with Crippen molar-refractivity contribution >= 4 is 51.2 Å². The van der Waals surface area contributed by atoms with Crippen LogP contribution < -0.4 is 5.32 Å². The number of aliphatic imine (C=N–C) groups is 1. The predicted octanol–water partition coefficient (Wildman–Crippen LogP) is 11.1. The molecule has 0 radical (unpaired) electrons. The molecule has 15 nitrogen and oxygen atoms in total. The maximum absolute atomic E-state index is 14.6. The first-order valence-corrected chi connectivity index (χ1v) is 26.9. The maximum atomic E-state index is 14.6. The Morgan fingerprint density at radius 2 is 1.36 bits per heavy atom. The van der Waals surface area contributed by atoms with Crippen LogP contribution in [0.2, 0.25) is 0 Å². The SMILES string of the molecule is CC(C)CC(=Nc1ccc(COC(=O)c2ccc(S(=O)(=O)N(CC(=O)OCc3ccccc3)C[C@H](CCC(=O)OC(C)(C)C)NC(=O)OCC3c4ccccc4-c4ccccc43)cc2)cc1)C1=C(O)CC(C)(C)CC1=O. The van der Waals surface area contributed by atoms with Crippen LogP contribution in [0, 0.1) is 11.3 Å². The summed E-state index contributed by atoms with van der Waals surface area (Å²) in [5, 5.41) is 13.7. The van der Waals surface area contributed by atoms with Gasteiger partial charge in [0.25, 0.3) is 0 Å². The second kappa shape index (κ2) is 24.5. The minimum atomic E-state index is -4.58. The number of esters is 3. The molecule has 0 saturated heterocycles. The summed E-state index contributed by atoms with van der Waals surface area (Å²) >= 11 is 0. The molecule has 2 aliphatic rings. The summed E-state index contributed by atoms with van der Waals surface area (Å²) in [5.74, 6) is -2.38. The van der Waals surface area contributed by atoms with Crippen LogP contribution in [-0.2, 0) is 56.6 Å². The van der Waals surface area contributed by atoms with Crippen molar-refractivity contribution in [2.24, 2.45) is 16.3 Å². The summed E-state index contributed by atoms with van der Waals surface area (Å²) < 4.78 is 52.6. The molecular weight excluding hydrogens is 987 g/mol. The van der Waals surface area contributed by atoms with Crippen LogP contribution in [-0.4, -0.2) is 84.7 Å². The lowest BCUT2D eigenvalue weighted by Gasteiger charge is -2.30. The van der Waals surface area contributed by atoms with Gasteiger partial charge in [-0.15, -0.1) is 0 Å². The van der Waals surface area contributed by atoms with Crippen LogP contribution in [0.4, 0.5) is 10.5 Å². The number of alkyl carbamates (subject to hydrolysis) is 1. The Kier molecular flexibility index (Phi) is 18.1. The standard InChI is InChI=1S/C60H67N3O12S/c1-39(2)31-51(56-52(64)32-60(6,7)33-53(56)65)61-43-25-21-41(22-26-43)37-73-57(68)42-23-28-45(29-24-42)76(70,71)63(35-55(67)72-36-40-15-9-8-10-16-40)34-44(27-30-54(66)75-59(3,4)5)62-58(69)74-38-50-48-19-13-11-17-46(48)47-18-12-14-20-49(47)50/h8-26,28-29,39,44,50,64H,27,30-38H2,1-7H3,(H,62,69)/t44-/m0/s1. The van der Waals surface area contributed by atoms with Crippen molar-refractivity contribution < 1.29 is 56.4 Å². The number of ether oxygens (including phenoxy) is 4. The van der Waals surface area contributed by atoms with Gasteiger partial charge in [-0.1, -0.05) is 119 Å². The Morgan fingerprint density at radius 3 is 1.96 bits per heavy atom. The first-order valence-electron chi connectivity index (χ1n) is 25.5. The molecule has 0 unspecified atom stereocenters. The molecule has 7 rings (SSSR count). The number of hydrogen-bond donors (Lipinski definition) is 2. The van der Waals surface area contributed by atoms with Gasteiger partial charge in [0.05, 0.1) is 27.4 Å². The summed E-state index contributed by atoms with van der Waals surface area (Å²) in [5.41, 5.74) is 5.61. The van der Waals surface area contributed by atoms with E-state index in [2.05, 4.69) is 5.32 Å². The van der Waals surface area contributed by atoms with Crippen LogP contribution in [0.1, 0.15) is 119 Å². The summed E-state index contributed by atoms with van der Waals surface area (Å²) in [7, 11) is -4.58. The molecule has 0 fully saturated rings. The van der Waals surface area contributed by atoms with E-state index in [-0.39, 0.29) is 77.5 Å². The van der Waals surface area contributed by atoms with E-state index in [9.17, 15) is 37.5 Å². The molecule has 76 heavy (non-hydrogen) atoms. The van der Waals surface area contributed by atoms with E-state index >= 15 is 0 Å². The number of carbonyl (C=O) groups is 5. The number of hydrogen-bond acceptors (Lipinski definition) is 13. The summed E-state index contributed by atoms with van der Waals surface area (Å²) in [6.45, 7) is 11.5. The summed E-state index contributed by atoms with van der Waals surface area (Å²) in [6, 6.07) is 35.5. The lowest BCUT2D eigenvalue weighted by molar-refractivity contribution is -0.155. The quantitative estimate of drug-likeness (QED) is 0.0400. The van der Waals surface area contributed by atoms with Crippen LogP contribution in [0.3, 0.4) is 0 Å². The predicted molar refractivity (Wildman–Crippen MR) is 288 cm³/mol. The normalized spacial score (nSPS) is 15.0. The van der Waals surface area contributed by atoms with Gasteiger partial charge in [0.1, 0.15) is 37.7 Å². The van der Waals surface area contributed by atoms with Crippen molar-refractivity contribution in [2.45, 2.75) is 116 Å². The highest BCUT2D eigenvalue weighted by Gasteiger charge is 2.36. The van der Waals surface area contributed by atoms with E-state index in [1.54, 1.807) is 75.4 Å². The number of aliphatic hydroxyl groups excluding tert-OH is 1. The van der Waals surface area contributed by atoms with Crippen LogP contribution >= 0.6 is 0 Å². The van der Waals surface area contributed by atoms with E-state index in [1.807, 2.05) is 76.2 Å². The van der Waals surface area contributed by atoms with Crippen molar-refractivity contribution in [1.82, 2.24) is 9.62 Å². The Hall–Kier alpha value is -7.43. The van der Waals surface area contributed by atoms with Gasteiger partial charge in [-0.2, -0.15) is 4.31 Å². The number of amides is 1. The molecular formula is C60H67N3O12S. The average molecular weight is 1050 g/mol. The van der Waals surface area contributed by atoms with Gasteiger partial charge in [0, 0.05) is 37.8 Å². The fourth-order valence-electron chi connectivity index (χ4n) is 9.29. The Morgan fingerprint density at radius 1 is 0.763 bits per heavy atom. The topological polar surface area (TPSA) is 204 Å². The number of sulfonamides is 1. The van der Waals surface area contributed by atoms with Crippen LogP contribution in [0.15, 0.2) is 149 Å². The minimum Gasteiger partial charge on any atom is -0.511 e. The van der Waals surface area contributed by atoms with Crippen molar-refractivity contribution in [2.75, 3.05) is 19.7 Å². The number of fused-ring (bicyclic) bond motifs is 3. The molecule has 1 atom stereocenters. The number of carbonyl (C=O) groups excluding carboxylic acids is 5. The zero-order chi connectivity index (χ0) is 54.8. The van der Waals surface area contributed by atoms with Crippen molar-refractivity contribution in [3.63, 3.8) is 0 Å². The molecule has 400 valence electrons. The van der Waals surface area contributed by atoms with Crippen molar-refractivity contribution in [1.29, 1.82) is 0 Å². The largest absolute Gasteiger partial charge is 0.511 e. The zero-order valence-corrected chi connectivity index (χ0v) is 45.0. The molecule has 0 aromatic heterocycles. The molecule has 0 aliphatic heterocycles. The lowest BCUT2D eigenvalue weighted by atomic mass is 9.75. The van der Waals surface area contributed by atoms with Gasteiger partial charge >= 0.3 is 24.0 Å². The second-order valence-corrected chi connectivity index (χ2v) is 23.4. The van der Waals surface area contributed by atoms with Crippen molar-refractivity contribution in [3.05, 3.63) is 167 Å².